The molecular formula is C18H19N5O10P-3. The van der Waals surface area contributed by atoms with E-state index >= 15 is 0 Å². The monoisotopic (exact) mass is 496 g/mol. The summed E-state index contributed by atoms with van der Waals surface area (Å²) in [7, 11) is -5.07. The number of nitrogens with zero attached hydrogens (tertiary/aromatic N) is 4. The van der Waals surface area contributed by atoms with Crippen LogP contribution in [0.25, 0.3) is 11.2 Å². The van der Waals surface area contributed by atoms with E-state index in [9.17, 15) is 24.5 Å². The van der Waals surface area contributed by atoms with Crippen molar-refractivity contribution < 1.29 is 48.1 Å². The van der Waals surface area contributed by atoms with E-state index < -0.39 is 56.6 Å². The number of aromatic nitrogens is 4. The van der Waals surface area contributed by atoms with Crippen LogP contribution in [0.2, 0.25) is 0 Å². The molecule has 2 aliphatic rings. The number of hydrogen-bond donors (Lipinski definition) is 2. The molecule has 16 heteroatoms. The van der Waals surface area contributed by atoms with Gasteiger partial charge in [0.2, 0.25) is 5.95 Å². The number of carbonyl (C=O) groups is 1. The second-order valence-electron chi connectivity index (χ2n) is 7.73. The number of fused-ring (bicyclic) bond motifs is 2. The zero-order valence-corrected chi connectivity index (χ0v) is 18.5. The average molecular weight is 496 g/mol. The smallest absolute Gasteiger partial charge is 0.265 e. The molecule has 2 saturated heterocycles. The van der Waals surface area contributed by atoms with Crippen LogP contribution in [-0.2, 0) is 28.1 Å². The Hall–Kier alpha value is -2.83. The standard InChI is InChI=1S/C18H22N5O10P/c1-3-6-19-17-21-14-11(15(26)22-17)20-8-23(14)16-13-12(9(31-16)7-30-34(27,28)29)32-18(2,33-13)5-4-10(24)25/h1,8-9,12-13,16H,4-7H2,2H3,(H,24,25)(H2,27,28,29)(H2,19,21,22,26)/p-3/t9-,12-,13-,16-,18+/m1/s1. The van der Waals surface area contributed by atoms with E-state index in [1.807, 2.05) is 0 Å². The highest BCUT2D eigenvalue weighted by Gasteiger charge is 2.57. The molecule has 4 rings (SSSR count). The van der Waals surface area contributed by atoms with Crippen LogP contribution in [0.5, 0.6) is 5.88 Å². The Morgan fingerprint density at radius 2 is 2.18 bits per heavy atom. The molecule has 2 fully saturated rings. The molecule has 4 heterocycles. The van der Waals surface area contributed by atoms with Gasteiger partial charge in [-0.05, 0) is 13.3 Å². The summed E-state index contributed by atoms with van der Waals surface area (Å²) in [6, 6.07) is 0. The molecule has 15 nitrogen and oxygen atoms in total. The molecule has 0 saturated carbocycles. The normalized spacial score (nSPS) is 30.1. The van der Waals surface area contributed by atoms with Gasteiger partial charge in [0.05, 0.1) is 19.5 Å². The van der Waals surface area contributed by atoms with E-state index in [-0.39, 0.29) is 36.5 Å². The van der Waals surface area contributed by atoms with Gasteiger partial charge in [-0.3, -0.25) is 9.13 Å². The van der Waals surface area contributed by atoms with Gasteiger partial charge in [0.15, 0.2) is 17.7 Å². The summed E-state index contributed by atoms with van der Waals surface area (Å²) in [5, 5.41) is 26.0. The molecule has 0 amide bonds. The molecule has 2 N–H and O–H groups in total. The molecule has 0 radical (unpaired) electrons. The zero-order chi connectivity index (χ0) is 24.7. The van der Waals surface area contributed by atoms with Crippen LogP contribution >= 0.6 is 7.82 Å². The summed E-state index contributed by atoms with van der Waals surface area (Å²) in [5.74, 6) is -1.06. The first kappa shape index (κ1) is 24.3. The molecule has 2 aromatic rings. The number of carbonyl (C=O) groups excluding carboxylic acids is 1. The molecule has 6 atom stereocenters. The number of carboxylic acids is 1. The Balaban J connectivity index is 1.67. The lowest BCUT2D eigenvalue weighted by molar-refractivity contribution is -0.308. The van der Waals surface area contributed by atoms with Crippen LogP contribution in [0.3, 0.4) is 0 Å². The van der Waals surface area contributed by atoms with Crippen molar-refractivity contribution in [1.29, 1.82) is 0 Å². The predicted octanol–water partition coefficient (Wildman–Crippen LogP) is -2.65. The van der Waals surface area contributed by atoms with Gasteiger partial charge in [0, 0.05) is 18.3 Å². The first-order chi connectivity index (χ1) is 16.0. The molecular weight excluding hydrogens is 477 g/mol. The van der Waals surface area contributed by atoms with E-state index in [1.54, 1.807) is 0 Å². The van der Waals surface area contributed by atoms with Crippen LogP contribution in [-0.4, -0.2) is 67.6 Å². The largest absolute Gasteiger partial charge is 0.857 e. The maximum atomic E-state index is 12.4. The van der Waals surface area contributed by atoms with Gasteiger partial charge in [-0.25, -0.2) is 9.97 Å². The van der Waals surface area contributed by atoms with Gasteiger partial charge in [-0.2, -0.15) is 4.98 Å². The summed E-state index contributed by atoms with van der Waals surface area (Å²) < 4.78 is 34.7. The fraction of sp³-hybridized carbons (Fsp3) is 0.556. The first-order valence-electron chi connectivity index (χ1n) is 9.98. The lowest BCUT2D eigenvalue weighted by Gasteiger charge is -2.28. The minimum absolute atomic E-state index is 0.0402. The third-order valence-corrected chi connectivity index (χ3v) is 5.73. The number of carboxylic acid groups (broad SMARTS) is 1. The van der Waals surface area contributed by atoms with E-state index in [1.165, 1.54) is 17.8 Å². The molecule has 0 spiro atoms. The Labute approximate surface area is 192 Å². The van der Waals surface area contributed by atoms with Crippen molar-refractivity contribution in [2.75, 3.05) is 18.5 Å². The Kier molecular flexibility index (Phi) is 6.49. The second-order valence-corrected chi connectivity index (χ2v) is 8.93. The van der Waals surface area contributed by atoms with E-state index in [4.69, 9.17) is 25.5 Å². The number of nitrogens with one attached hydrogen (secondary N) is 1. The van der Waals surface area contributed by atoms with Crippen LogP contribution in [0, 0.1) is 12.3 Å². The number of terminal acetylenes is 1. The molecule has 1 unspecified atom stereocenters. The van der Waals surface area contributed by atoms with Crippen LogP contribution in [0.15, 0.2) is 6.33 Å². The van der Waals surface area contributed by atoms with Crippen LogP contribution < -0.4 is 20.4 Å². The SMILES string of the molecule is C#CCNc1nc([O-])c2ncn([C@@H]3O[C@H](COP(=O)([O-])O)[C@H]4O[C@](C)(CCC(=O)[O-])O[C@H]43)c2n1. The molecule has 0 aliphatic carbocycles. The Morgan fingerprint density at radius 3 is 2.85 bits per heavy atom. The summed E-state index contributed by atoms with van der Waals surface area (Å²) in [5.41, 5.74) is 0.0117. The van der Waals surface area contributed by atoms with Gasteiger partial charge < -0.3 is 48.8 Å². The Bertz CT molecular complexity index is 1180. The van der Waals surface area contributed by atoms with Crippen molar-refractivity contribution in [3.63, 3.8) is 0 Å². The van der Waals surface area contributed by atoms with Crippen molar-refractivity contribution in [1.82, 2.24) is 19.5 Å². The van der Waals surface area contributed by atoms with Gasteiger partial charge >= 0.3 is 0 Å². The lowest BCUT2D eigenvalue weighted by atomic mass is 10.1. The van der Waals surface area contributed by atoms with Crippen molar-refractivity contribution in [2.24, 2.45) is 0 Å². The van der Waals surface area contributed by atoms with E-state index in [2.05, 4.69) is 30.7 Å². The molecule has 2 aromatic heterocycles. The van der Waals surface area contributed by atoms with E-state index in [0.717, 1.165) is 0 Å². The van der Waals surface area contributed by atoms with Crippen LogP contribution in [0.4, 0.5) is 5.95 Å². The van der Waals surface area contributed by atoms with Crippen molar-refractivity contribution in [3.05, 3.63) is 6.33 Å². The first-order valence-corrected chi connectivity index (χ1v) is 11.5. The molecule has 34 heavy (non-hydrogen) atoms. The predicted molar refractivity (Wildman–Crippen MR) is 104 cm³/mol. The van der Waals surface area contributed by atoms with Gasteiger partial charge in [0.25, 0.3) is 7.82 Å². The number of anilines is 1. The number of ether oxygens (including phenoxy) is 3. The fourth-order valence-corrected chi connectivity index (χ4v) is 4.17. The molecule has 0 bridgehead atoms. The highest BCUT2D eigenvalue weighted by molar-refractivity contribution is 7.44. The molecule has 2 aliphatic heterocycles. The van der Waals surface area contributed by atoms with Gasteiger partial charge in [0.1, 0.15) is 23.8 Å². The summed E-state index contributed by atoms with van der Waals surface area (Å²) in [4.78, 5) is 43.1. The van der Waals surface area contributed by atoms with Crippen molar-refractivity contribution in [2.45, 2.75) is 50.1 Å². The summed E-state index contributed by atoms with van der Waals surface area (Å²) in [6.45, 7) is 0.963. The quantitative estimate of drug-likeness (QED) is 0.268. The minimum atomic E-state index is -5.07. The van der Waals surface area contributed by atoms with Crippen molar-refractivity contribution in [3.8, 4) is 18.2 Å². The number of rotatable bonds is 9. The number of phosphoric ester groups is 1. The van der Waals surface area contributed by atoms with Gasteiger partial charge in [-0.1, -0.05) is 5.92 Å². The molecule has 184 valence electrons. The Morgan fingerprint density at radius 1 is 1.44 bits per heavy atom. The average Bonchev–Trinajstić information content (AvgIpc) is 3.41. The maximum Gasteiger partial charge on any atom is 0.265 e. The van der Waals surface area contributed by atoms with Crippen molar-refractivity contribution >= 4 is 30.9 Å². The number of imidazole rings is 1. The third kappa shape index (κ3) is 4.98. The topological polar surface area (TPSA) is 216 Å². The van der Waals surface area contributed by atoms with E-state index in [0.29, 0.717) is 0 Å². The summed E-state index contributed by atoms with van der Waals surface area (Å²) >= 11 is 0. The number of aliphatic carboxylic acids is 1. The number of hydrogen-bond acceptors (Lipinski definition) is 13. The van der Waals surface area contributed by atoms with Gasteiger partial charge in [-0.15, -0.1) is 6.42 Å². The zero-order valence-electron chi connectivity index (χ0n) is 17.7. The third-order valence-electron chi connectivity index (χ3n) is 5.25. The summed E-state index contributed by atoms with van der Waals surface area (Å²) in [6.07, 6.45) is 2.13. The second kappa shape index (κ2) is 9.08. The number of phosphoric acid groups is 1. The lowest BCUT2D eigenvalue weighted by Crippen LogP contribution is -2.35. The highest BCUT2D eigenvalue weighted by atomic mass is 31.2. The minimum Gasteiger partial charge on any atom is -0.857 e. The fourth-order valence-electron chi connectivity index (χ4n) is 3.84. The van der Waals surface area contributed by atoms with Crippen LogP contribution in [0.1, 0.15) is 26.0 Å². The maximum absolute atomic E-state index is 12.4. The molecule has 0 aromatic carbocycles. The highest BCUT2D eigenvalue weighted by Crippen LogP contribution is 2.46.